The van der Waals surface area contributed by atoms with Crippen LogP contribution in [0.3, 0.4) is 0 Å². The molecular formula is C11H13ClO. The van der Waals surface area contributed by atoms with Gasteiger partial charge >= 0.3 is 0 Å². The molecule has 0 aliphatic carbocycles. The minimum absolute atomic E-state index is 0.423. The second-order valence-electron chi connectivity index (χ2n) is 2.87. The summed E-state index contributed by atoms with van der Waals surface area (Å²) < 4.78 is 0. The summed E-state index contributed by atoms with van der Waals surface area (Å²) in [5, 5.41) is 10.3. The molecule has 0 spiro atoms. The summed E-state index contributed by atoms with van der Waals surface area (Å²) in [6.45, 7) is 1.94. The number of aliphatic hydroxyl groups excluding tert-OH is 1. The van der Waals surface area contributed by atoms with Gasteiger partial charge in [-0.2, -0.15) is 0 Å². The maximum absolute atomic E-state index is 9.65. The lowest BCUT2D eigenvalue weighted by molar-refractivity contribution is 0.181. The molecule has 0 saturated heterocycles. The van der Waals surface area contributed by atoms with Gasteiger partial charge in [-0.3, -0.25) is 0 Å². The first kappa shape index (κ1) is 10.3. The van der Waals surface area contributed by atoms with Gasteiger partial charge in [0.2, 0.25) is 0 Å². The van der Waals surface area contributed by atoms with Crippen molar-refractivity contribution in [2.24, 2.45) is 0 Å². The predicted octanol–water partition coefficient (Wildman–Crippen LogP) is 3.34. The third-order valence-corrected chi connectivity index (χ3v) is 2.10. The van der Waals surface area contributed by atoms with Gasteiger partial charge in [-0.05, 0) is 31.0 Å². The molecule has 2 heteroatoms. The lowest BCUT2D eigenvalue weighted by atomic mass is 10.1. The fourth-order valence-corrected chi connectivity index (χ4v) is 1.21. The van der Waals surface area contributed by atoms with Gasteiger partial charge in [0.1, 0.15) is 0 Å². The van der Waals surface area contributed by atoms with Gasteiger partial charge in [0.15, 0.2) is 0 Å². The molecule has 0 aromatic heterocycles. The Hall–Kier alpha value is -0.790. The molecule has 0 aliphatic rings. The highest BCUT2D eigenvalue weighted by molar-refractivity contribution is 6.30. The van der Waals surface area contributed by atoms with Crippen LogP contribution in [0.1, 0.15) is 25.0 Å². The Morgan fingerprint density at radius 3 is 2.54 bits per heavy atom. The predicted molar refractivity (Wildman–Crippen MR) is 55.8 cm³/mol. The number of benzene rings is 1. The van der Waals surface area contributed by atoms with Crippen molar-refractivity contribution in [2.45, 2.75) is 19.4 Å². The molecular weight excluding hydrogens is 184 g/mol. The highest BCUT2D eigenvalue weighted by Gasteiger charge is 2.03. The van der Waals surface area contributed by atoms with Gasteiger partial charge in [-0.25, -0.2) is 0 Å². The average Bonchev–Trinajstić information content (AvgIpc) is 2.15. The van der Waals surface area contributed by atoms with Gasteiger partial charge in [0, 0.05) is 5.02 Å². The number of hydrogen-bond donors (Lipinski definition) is 1. The summed E-state index contributed by atoms with van der Waals surface area (Å²) in [7, 11) is 0. The van der Waals surface area contributed by atoms with Crippen LogP contribution in [0.25, 0.3) is 0 Å². The van der Waals surface area contributed by atoms with Crippen molar-refractivity contribution in [1.29, 1.82) is 0 Å². The smallest absolute Gasteiger partial charge is 0.0824 e. The van der Waals surface area contributed by atoms with Gasteiger partial charge in [-0.15, -0.1) is 0 Å². The molecule has 0 saturated carbocycles. The second kappa shape index (κ2) is 5.05. The van der Waals surface area contributed by atoms with Crippen molar-refractivity contribution in [3.8, 4) is 0 Å². The van der Waals surface area contributed by atoms with E-state index < -0.39 is 6.10 Å². The first-order valence-electron chi connectivity index (χ1n) is 4.28. The normalized spacial score (nSPS) is 13.5. The van der Waals surface area contributed by atoms with E-state index in [1.165, 1.54) is 0 Å². The Morgan fingerprint density at radius 2 is 2.00 bits per heavy atom. The van der Waals surface area contributed by atoms with E-state index in [9.17, 15) is 5.11 Å². The van der Waals surface area contributed by atoms with Gasteiger partial charge in [-0.1, -0.05) is 35.9 Å². The molecule has 1 aromatic carbocycles. The van der Waals surface area contributed by atoms with Crippen LogP contribution in [-0.4, -0.2) is 5.11 Å². The Balaban J connectivity index is 2.66. The maximum atomic E-state index is 9.65. The molecule has 0 bridgehead atoms. The molecule has 0 unspecified atom stereocenters. The Labute approximate surface area is 83.7 Å². The highest BCUT2D eigenvalue weighted by Crippen LogP contribution is 2.19. The Kier molecular flexibility index (Phi) is 4.00. The molecule has 0 heterocycles. The number of rotatable bonds is 3. The SMILES string of the molecule is C/C=C/C[C@@H](O)c1ccc(Cl)cc1. The quantitative estimate of drug-likeness (QED) is 0.736. The zero-order valence-corrected chi connectivity index (χ0v) is 8.33. The van der Waals surface area contributed by atoms with Crippen LogP contribution in [0.4, 0.5) is 0 Å². The van der Waals surface area contributed by atoms with E-state index in [0.717, 1.165) is 5.56 Å². The summed E-state index contributed by atoms with van der Waals surface area (Å²) in [6, 6.07) is 7.26. The van der Waals surface area contributed by atoms with E-state index in [0.29, 0.717) is 11.4 Å². The number of allylic oxidation sites excluding steroid dienone is 1. The molecule has 1 N–H and O–H groups in total. The molecule has 0 radical (unpaired) electrons. The van der Waals surface area contributed by atoms with E-state index in [4.69, 9.17) is 11.6 Å². The van der Waals surface area contributed by atoms with Crippen molar-refractivity contribution < 1.29 is 5.11 Å². The maximum Gasteiger partial charge on any atom is 0.0824 e. The molecule has 0 fully saturated rings. The minimum Gasteiger partial charge on any atom is -0.388 e. The zero-order valence-electron chi connectivity index (χ0n) is 7.57. The first-order chi connectivity index (χ1) is 6.24. The largest absolute Gasteiger partial charge is 0.388 e. The number of aliphatic hydroxyl groups is 1. The van der Waals surface area contributed by atoms with E-state index in [2.05, 4.69) is 0 Å². The van der Waals surface area contributed by atoms with Crippen molar-refractivity contribution >= 4 is 11.6 Å². The second-order valence-corrected chi connectivity index (χ2v) is 3.31. The van der Waals surface area contributed by atoms with Gasteiger partial charge < -0.3 is 5.11 Å². The van der Waals surface area contributed by atoms with Crippen LogP contribution >= 0.6 is 11.6 Å². The van der Waals surface area contributed by atoms with Crippen LogP contribution < -0.4 is 0 Å². The zero-order chi connectivity index (χ0) is 9.68. The minimum atomic E-state index is -0.423. The lowest BCUT2D eigenvalue weighted by Crippen LogP contribution is -1.94. The molecule has 1 rings (SSSR count). The summed E-state index contributed by atoms with van der Waals surface area (Å²) in [5.74, 6) is 0. The van der Waals surface area contributed by atoms with Crippen molar-refractivity contribution in [3.05, 3.63) is 47.0 Å². The van der Waals surface area contributed by atoms with Crippen LogP contribution in [0.15, 0.2) is 36.4 Å². The van der Waals surface area contributed by atoms with E-state index in [-0.39, 0.29) is 0 Å². The lowest BCUT2D eigenvalue weighted by Gasteiger charge is -2.07. The third kappa shape index (κ3) is 3.21. The molecule has 1 atom stereocenters. The van der Waals surface area contributed by atoms with Crippen molar-refractivity contribution in [2.75, 3.05) is 0 Å². The van der Waals surface area contributed by atoms with Crippen molar-refractivity contribution in [3.63, 3.8) is 0 Å². The summed E-state index contributed by atoms with van der Waals surface area (Å²) in [6.07, 6.45) is 4.10. The monoisotopic (exact) mass is 196 g/mol. The van der Waals surface area contributed by atoms with Crippen molar-refractivity contribution in [1.82, 2.24) is 0 Å². The van der Waals surface area contributed by atoms with Gasteiger partial charge in [0.05, 0.1) is 6.10 Å². The van der Waals surface area contributed by atoms with E-state index in [1.54, 1.807) is 12.1 Å². The fourth-order valence-electron chi connectivity index (χ4n) is 1.09. The summed E-state index contributed by atoms with van der Waals surface area (Å²) in [5.41, 5.74) is 0.905. The molecule has 13 heavy (non-hydrogen) atoms. The summed E-state index contributed by atoms with van der Waals surface area (Å²) >= 11 is 5.73. The topological polar surface area (TPSA) is 20.2 Å². The summed E-state index contributed by atoms with van der Waals surface area (Å²) in [4.78, 5) is 0. The number of halogens is 1. The van der Waals surface area contributed by atoms with E-state index >= 15 is 0 Å². The Bertz CT molecular complexity index is 277. The highest BCUT2D eigenvalue weighted by atomic mass is 35.5. The molecule has 0 aliphatic heterocycles. The fraction of sp³-hybridized carbons (Fsp3) is 0.273. The van der Waals surface area contributed by atoms with Crippen LogP contribution in [0.2, 0.25) is 5.02 Å². The first-order valence-corrected chi connectivity index (χ1v) is 4.66. The molecule has 0 amide bonds. The van der Waals surface area contributed by atoms with Crippen LogP contribution in [-0.2, 0) is 0 Å². The third-order valence-electron chi connectivity index (χ3n) is 1.85. The molecule has 1 nitrogen and oxygen atoms in total. The number of hydrogen-bond acceptors (Lipinski definition) is 1. The van der Waals surface area contributed by atoms with Crippen LogP contribution in [0.5, 0.6) is 0 Å². The average molecular weight is 197 g/mol. The van der Waals surface area contributed by atoms with Crippen LogP contribution in [0, 0.1) is 0 Å². The van der Waals surface area contributed by atoms with E-state index in [1.807, 2.05) is 31.2 Å². The molecule has 70 valence electrons. The Morgan fingerprint density at radius 1 is 1.38 bits per heavy atom. The van der Waals surface area contributed by atoms with Gasteiger partial charge in [0.25, 0.3) is 0 Å². The standard InChI is InChI=1S/C11H13ClO/c1-2-3-4-11(13)9-5-7-10(12)8-6-9/h2-3,5-8,11,13H,4H2,1H3/b3-2+/t11-/m1/s1. The molecule has 1 aromatic rings.